The molecule has 3 heterocycles. The van der Waals surface area contributed by atoms with Gasteiger partial charge in [-0.3, -0.25) is 0 Å². The molecule has 0 aliphatic heterocycles. The predicted molar refractivity (Wildman–Crippen MR) is 207 cm³/mol. The molecule has 1 nitrogen and oxygen atoms in total. The Morgan fingerprint density at radius 2 is 0.936 bits per heavy atom. The third-order valence-electron chi connectivity index (χ3n) is 9.97. The lowest BCUT2D eigenvalue weighted by molar-refractivity contribution is 1.18. The van der Waals surface area contributed by atoms with Gasteiger partial charge in [0, 0.05) is 62.2 Å². The summed E-state index contributed by atoms with van der Waals surface area (Å²) in [7, 11) is 0. The van der Waals surface area contributed by atoms with Gasteiger partial charge in [-0.05, 0) is 75.8 Å². The van der Waals surface area contributed by atoms with Crippen LogP contribution < -0.4 is 0 Å². The van der Waals surface area contributed by atoms with Crippen LogP contribution in [0.3, 0.4) is 0 Å². The average molecular weight is 632 g/mol. The SMILES string of the molecule is c1ccc(-n2c3ccccc3c3cc(-c4ccc5sc6c(ccc7c8ccccc8c8c9ccccc9sc8c76)c5c4)ccc32)cc1. The molecular weight excluding hydrogens is 607 g/mol. The van der Waals surface area contributed by atoms with E-state index in [4.69, 9.17) is 0 Å². The monoisotopic (exact) mass is 631 g/mol. The van der Waals surface area contributed by atoms with E-state index >= 15 is 0 Å². The molecule has 0 amide bonds. The Morgan fingerprint density at radius 1 is 0.340 bits per heavy atom. The van der Waals surface area contributed by atoms with Gasteiger partial charge >= 0.3 is 0 Å². The number of nitrogens with zero attached hydrogens (tertiary/aromatic N) is 1. The molecule has 218 valence electrons. The molecule has 0 aliphatic rings. The van der Waals surface area contributed by atoms with Gasteiger partial charge in [-0.1, -0.05) is 103 Å². The van der Waals surface area contributed by atoms with Crippen molar-refractivity contribution in [2.24, 2.45) is 0 Å². The van der Waals surface area contributed by atoms with Gasteiger partial charge in [-0.25, -0.2) is 0 Å². The minimum Gasteiger partial charge on any atom is -0.309 e. The summed E-state index contributed by atoms with van der Waals surface area (Å²) in [5.74, 6) is 0. The highest BCUT2D eigenvalue weighted by Gasteiger charge is 2.19. The van der Waals surface area contributed by atoms with Gasteiger partial charge in [-0.2, -0.15) is 0 Å². The summed E-state index contributed by atoms with van der Waals surface area (Å²) < 4.78 is 7.86. The zero-order chi connectivity index (χ0) is 30.6. The van der Waals surface area contributed by atoms with E-state index in [1.807, 2.05) is 22.7 Å². The molecule has 11 aromatic rings. The largest absolute Gasteiger partial charge is 0.309 e. The lowest BCUT2D eigenvalue weighted by Gasteiger charge is -2.09. The van der Waals surface area contributed by atoms with Crippen LogP contribution in [0.5, 0.6) is 0 Å². The smallest absolute Gasteiger partial charge is 0.0541 e. The highest BCUT2D eigenvalue weighted by Crippen LogP contribution is 2.49. The Balaban J connectivity index is 1.17. The minimum atomic E-state index is 1.19. The summed E-state index contributed by atoms with van der Waals surface area (Å²) in [5.41, 5.74) is 6.14. The number of aromatic nitrogens is 1. The normalized spacial score (nSPS) is 12.3. The summed E-state index contributed by atoms with van der Waals surface area (Å²) in [4.78, 5) is 0. The highest BCUT2D eigenvalue weighted by molar-refractivity contribution is 7.29. The number of fused-ring (bicyclic) bond motifs is 15. The minimum absolute atomic E-state index is 1.19. The molecule has 0 saturated heterocycles. The maximum atomic E-state index is 2.42. The summed E-state index contributed by atoms with van der Waals surface area (Å²) in [6.45, 7) is 0. The van der Waals surface area contributed by atoms with Crippen molar-refractivity contribution in [1.82, 2.24) is 4.57 Å². The van der Waals surface area contributed by atoms with Gasteiger partial charge in [0.25, 0.3) is 0 Å². The zero-order valence-electron chi connectivity index (χ0n) is 25.2. The van der Waals surface area contributed by atoms with Crippen LogP contribution in [0.1, 0.15) is 0 Å². The van der Waals surface area contributed by atoms with Crippen LogP contribution in [-0.4, -0.2) is 4.57 Å². The topological polar surface area (TPSA) is 4.93 Å². The van der Waals surface area contributed by atoms with Gasteiger partial charge < -0.3 is 4.57 Å². The third kappa shape index (κ3) is 3.53. The molecule has 0 spiro atoms. The van der Waals surface area contributed by atoms with Crippen LogP contribution in [0.2, 0.25) is 0 Å². The third-order valence-corrected chi connectivity index (χ3v) is 12.4. The van der Waals surface area contributed by atoms with Crippen LogP contribution in [0.25, 0.3) is 101 Å². The Bertz CT molecular complexity index is 3070. The van der Waals surface area contributed by atoms with Gasteiger partial charge in [0.05, 0.1) is 11.0 Å². The van der Waals surface area contributed by atoms with Crippen molar-refractivity contribution >= 4 is 106 Å². The first-order chi connectivity index (χ1) is 23.3. The molecule has 0 radical (unpaired) electrons. The maximum absolute atomic E-state index is 2.42. The van der Waals surface area contributed by atoms with Crippen LogP contribution in [0.15, 0.2) is 152 Å². The van der Waals surface area contributed by atoms with Crippen molar-refractivity contribution in [3.05, 3.63) is 152 Å². The van der Waals surface area contributed by atoms with Gasteiger partial charge in [-0.15, -0.1) is 22.7 Å². The number of benzene rings is 8. The first kappa shape index (κ1) is 25.7. The van der Waals surface area contributed by atoms with E-state index in [2.05, 4.69) is 156 Å². The van der Waals surface area contributed by atoms with Crippen molar-refractivity contribution in [3.63, 3.8) is 0 Å². The second-order valence-corrected chi connectivity index (χ2v) is 14.6. The molecule has 3 aromatic heterocycles. The van der Waals surface area contributed by atoms with Crippen LogP contribution in [0.4, 0.5) is 0 Å². The summed E-state index contributed by atoms with van der Waals surface area (Å²) in [6, 6.07) is 56.1. The van der Waals surface area contributed by atoms with E-state index in [1.165, 1.54) is 101 Å². The van der Waals surface area contributed by atoms with E-state index in [9.17, 15) is 0 Å². The summed E-state index contributed by atoms with van der Waals surface area (Å²) >= 11 is 3.87. The van der Waals surface area contributed by atoms with E-state index < -0.39 is 0 Å². The van der Waals surface area contributed by atoms with E-state index in [0.717, 1.165) is 0 Å². The molecule has 0 atom stereocenters. The van der Waals surface area contributed by atoms with Crippen molar-refractivity contribution < 1.29 is 0 Å². The first-order valence-electron chi connectivity index (χ1n) is 16.0. The van der Waals surface area contributed by atoms with E-state index in [-0.39, 0.29) is 0 Å². The van der Waals surface area contributed by atoms with Crippen molar-refractivity contribution in [1.29, 1.82) is 0 Å². The molecule has 0 bridgehead atoms. The predicted octanol–water partition coefficient (Wildman–Crippen LogP) is 13.5. The van der Waals surface area contributed by atoms with E-state index in [0.29, 0.717) is 0 Å². The molecule has 0 unspecified atom stereocenters. The fourth-order valence-corrected chi connectivity index (χ4v) is 10.5. The number of para-hydroxylation sites is 2. The van der Waals surface area contributed by atoms with Gasteiger partial charge in [0.1, 0.15) is 0 Å². The molecule has 8 aromatic carbocycles. The lowest BCUT2D eigenvalue weighted by atomic mass is 9.95. The zero-order valence-corrected chi connectivity index (χ0v) is 26.8. The Labute approximate surface area is 278 Å². The Hall–Kier alpha value is -5.48. The maximum Gasteiger partial charge on any atom is 0.0541 e. The van der Waals surface area contributed by atoms with Gasteiger partial charge in [0.15, 0.2) is 0 Å². The average Bonchev–Trinajstić information content (AvgIpc) is 3.81. The summed E-state index contributed by atoms with van der Waals surface area (Å²) in [6.07, 6.45) is 0. The fourth-order valence-electron chi connectivity index (χ4n) is 7.90. The van der Waals surface area contributed by atoms with Gasteiger partial charge in [0.2, 0.25) is 0 Å². The number of thiophene rings is 2. The summed E-state index contributed by atoms with van der Waals surface area (Å²) in [5, 5.41) is 13.4. The van der Waals surface area contributed by atoms with Crippen molar-refractivity contribution in [2.75, 3.05) is 0 Å². The molecule has 0 saturated carbocycles. The second kappa shape index (κ2) is 9.52. The lowest BCUT2D eigenvalue weighted by Crippen LogP contribution is -1.92. The van der Waals surface area contributed by atoms with Crippen LogP contribution >= 0.6 is 22.7 Å². The molecular formula is C44H25NS2. The molecule has 3 heteroatoms. The second-order valence-electron chi connectivity index (χ2n) is 12.4. The Morgan fingerprint density at radius 3 is 1.81 bits per heavy atom. The van der Waals surface area contributed by atoms with Crippen LogP contribution in [-0.2, 0) is 0 Å². The molecule has 0 fully saturated rings. The molecule has 11 rings (SSSR count). The molecule has 0 N–H and O–H groups in total. The Kier molecular flexibility index (Phi) is 5.20. The van der Waals surface area contributed by atoms with E-state index in [1.54, 1.807) is 0 Å². The highest BCUT2D eigenvalue weighted by atomic mass is 32.1. The van der Waals surface area contributed by atoms with Crippen molar-refractivity contribution in [2.45, 2.75) is 0 Å². The number of hydrogen-bond acceptors (Lipinski definition) is 2. The molecule has 0 aliphatic carbocycles. The number of rotatable bonds is 2. The fraction of sp³-hybridized carbons (Fsp3) is 0. The molecule has 47 heavy (non-hydrogen) atoms. The number of hydrogen-bond donors (Lipinski definition) is 0. The standard InChI is InChI=1S/C44H25NS2/c1-2-10-28(11-3-1)45-37-16-8-6-13-30(37)35-24-26(18-22-38(35)45)27-19-23-40-36(25-27)33-21-20-32-29-12-4-5-14-31(29)41-34-15-7-9-17-39(34)47-44(41)42(32)43(33)46-40/h1-25H. The van der Waals surface area contributed by atoms with Crippen LogP contribution in [0, 0.1) is 0 Å². The first-order valence-corrected chi connectivity index (χ1v) is 17.6. The van der Waals surface area contributed by atoms with Crippen molar-refractivity contribution in [3.8, 4) is 16.8 Å². The quantitative estimate of drug-likeness (QED) is 0.167.